The van der Waals surface area contributed by atoms with Gasteiger partial charge in [-0.15, -0.1) is 0 Å². The fourth-order valence-electron chi connectivity index (χ4n) is 1.16. The van der Waals surface area contributed by atoms with Crippen LogP contribution in [-0.2, 0) is 0 Å². The first-order valence-electron chi connectivity index (χ1n) is 3.77. The molecule has 0 heterocycles. The van der Waals surface area contributed by atoms with Crippen LogP contribution in [0.2, 0.25) is 5.02 Å². The molecule has 0 atom stereocenters. The molecular weight excluding hydrogens is 190 g/mol. The second kappa shape index (κ2) is 4.00. The van der Waals surface area contributed by atoms with Gasteiger partial charge in [0, 0.05) is 16.0 Å². The molecule has 1 aromatic rings. The average molecular weight is 200 g/mol. The first-order valence-corrected chi connectivity index (χ1v) is 4.15. The van der Waals surface area contributed by atoms with E-state index in [1.54, 1.807) is 13.0 Å². The molecule has 0 saturated carbocycles. The Bertz CT molecular complexity index is 315. The third-order valence-corrected chi connectivity index (χ3v) is 2.26. The quantitative estimate of drug-likeness (QED) is 0.677. The van der Waals surface area contributed by atoms with Gasteiger partial charge in [-0.3, -0.25) is 0 Å². The van der Waals surface area contributed by atoms with Gasteiger partial charge >= 0.3 is 7.12 Å². The summed E-state index contributed by atoms with van der Waals surface area (Å²) in [6.07, 6.45) is 0. The van der Waals surface area contributed by atoms with Crippen molar-refractivity contribution >= 4 is 24.2 Å². The number of methoxy groups -OCH3 is 1. The van der Waals surface area contributed by atoms with Gasteiger partial charge in [0.15, 0.2) is 0 Å². The van der Waals surface area contributed by atoms with Crippen LogP contribution in [0.4, 0.5) is 0 Å². The van der Waals surface area contributed by atoms with Gasteiger partial charge in [0.05, 0.1) is 7.11 Å². The summed E-state index contributed by atoms with van der Waals surface area (Å²) >= 11 is 5.83. The van der Waals surface area contributed by atoms with Gasteiger partial charge in [0.25, 0.3) is 0 Å². The molecule has 1 rings (SSSR count). The number of rotatable bonds is 2. The predicted octanol–water partition coefficient (Wildman–Crippen LogP) is 0.337. The summed E-state index contributed by atoms with van der Waals surface area (Å²) in [5.41, 5.74) is 1.03. The minimum Gasteiger partial charge on any atom is -0.497 e. The molecular formula is C8H10BClO3. The zero-order valence-corrected chi connectivity index (χ0v) is 8.17. The van der Waals surface area contributed by atoms with Crippen LogP contribution in [0.25, 0.3) is 0 Å². The summed E-state index contributed by atoms with van der Waals surface area (Å²) in [6, 6.07) is 3.13. The van der Waals surface area contributed by atoms with Crippen LogP contribution < -0.4 is 10.2 Å². The smallest absolute Gasteiger partial charge is 0.492 e. The SMILES string of the molecule is COc1c(B(O)O)ccc(Cl)c1C. The van der Waals surface area contributed by atoms with E-state index in [9.17, 15) is 0 Å². The van der Waals surface area contributed by atoms with Crippen LogP contribution >= 0.6 is 11.6 Å². The Hall–Kier alpha value is -0.705. The van der Waals surface area contributed by atoms with Crippen LogP contribution in [-0.4, -0.2) is 24.3 Å². The number of ether oxygens (including phenoxy) is 1. The molecule has 13 heavy (non-hydrogen) atoms. The summed E-state index contributed by atoms with van der Waals surface area (Å²) in [4.78, 5) is 0. The summed E-state index contributed by atoms with van der Waals surface area (Å²) < 4.78 is 5.01. The molecule has 0 aliphatic heterocycles. The van der Waals surface area contributed by atoms with E-state index in [-0.39, 0.29) is 0 Å². The maximum Gasteiger partial charge on any atom is 0.492 e. The Balaban J connectivity index is 3.30. The zero-order chi connectivity index (χ0) is 10.0. The van der Waals surface area contributed by atoms with Crippen molar-refractivity contribution in [1.29, 1.82) is 0 Å². The van der Waals surface area contributed by atoms with Gasteiger partial charge in [-0.25, -0.2) is 0 Å². The molecule has 0 bridgehead atoms. The summed E-state index contributed by atoms with van der Waals surface area (Å²) in [6.45, 7) is 1.76. The third kappa shape index (κ3) is 1.96. The second-order valence-electron chi connectivity index (χ2n) is 2.67. The Labute approximate surface area is 82.1 Å². The predicted molar refractivity (Wildman–Crippen MR) is 52.6 cm³/mol. The van der Waals surface area contributed by atoms with Crippen molar-refractivity contribution in [3.05, 3.63) is 22.7 Å². The van der Waals surface area contributed by atoms with Gasteiger partial charge in [-0.05, 0) is 13.0 Å². The molecule has 0 amide bonds. The molecule has 70 valence electrons. The molecule has 0 aliphatic rings. The molecule has 0 unspecified atom stereocenters. The van der Waals surface area contributed by atoms with E-state index in [0.29, 0.717) is 21.8 Å². The first-order chi connectivity index (χ1) is 6.07. The lowest BCUT2D eigenvalue weighted by atomic mass is 9.78. The van der Waals surface area contributed by atoms with Crippen molar-refractivity contribution in [3.8, 4) is 5.75 Å². The lowest BCUT2D eigenvalue weighted by Gasteiger charge is -2.11. The molecule has 0 radical (unpaired) electrons. The average Bonchev–Trinajstić information content (AvgIpc) is 2.09. The molecule has 2 N–H and O–H groups in total. The van der Waals surface area contributed by atoms with Gasteiger partial charge in [0.2, 0.25) is 0 Å². The second-order valence-corrected chi connectivity index (χ2v) is 3.08. The Morgan fingerprint density at radius 2 is 2.00 bits per heavy atom. The largest absolute Gasteiger partial charge is 0.497 e. The molecule has 3 nitrogen and oxygen atoms in total. The van der Waals surface area contributed by atoms with Crippen LogP contribution in [0, 0.1) is 6.92 Å². The lowest BCUT2D eigenvalue weighted by Crippen LogP contribution is -2.31. The summed E-state index contributed by atoms with van der Waals surface area (Å²) in [5.74, 6) is 0.419. The van der Waals surface area contributed by atoms with E-state index >= 15 is 0 Å². The van der Waals surface area contributed by atoms with Crippen LogP contribution in [0.5, 0.6) is 5.75 Å². The molecule has 0 fully saturated rings. The number of halogens is 1. The van der Waals surface area contributed by atoms with Crippen LogP contribution in [0.3, 0.4) is 0 Å². The number of hydrogen-bond acceptors (Lipinski definition) is 3. The highest BCUT2D eigenvalue weighted by atomic mass is 35.5. The van der Waals surface area contributed by atoms with Crippen molar-refractivity contribution in [3.63, 3.8) is 0 Å². The van der Waals surface area contributed by atoms with E-state index in [4.69, 9.17) is 26.4 Å². The molecule has 0 saturated heterocycles. The molecule has 1 aromatic carbocycles. The van der Waals surface area contributed by atoms with Crippen molar-refractivity contribution in [1.82, 2.24) is 0 Å². The first kappa shape index (κ1) is 10.4. The molecule has 5 heteroatoms. The Kier molecular flexibility index (Phi) is 3.19. The van der Waals surface area contributed by atoms with E-state index < -0.39 is 7.12 Å². The maximum atomic E-state index is 8.98. The number of hydrogen-bond donors (Lipinski definition) is 2. The fourth-order valence-corrected chi connectivity index (χ4v) is 1.31. The van der Waals surface area contributed by atoms with E-state index in [2.05, 4.69) is 0 Å². The minimum atomic E-state index is -1.54. The van der Waals surface area contributed by atoms with Gasteiger partial charge in [0.1, 0.15) is 5.75 Å². The molecule has 0 aliphatic carbocycles. The Morgan fingerprint density at radius 1 is 1.38 bits per heavy atom. The van der Waals surface area contributed by atoms with Gasteiger partial charge in [-0.1, -0.05) is 17.7 Å². The van der Waals surface area contributed by atoms with E-state index in [1.807, 2.05) is 0 Å². The third-order valence-electron chi connectivity index (χ3n) is 1.85. The van der Waals surface area contributed by atoms with Crippen molar-refractivity contribution in [2.24, 2.45) is 0 Å². The van der Waals surface area contributed by atoms with Crippen molar-refractivity contribution in [2.75, 3.05) is 7.11 Å². The standard InChI is InChI=1S/C8H10BClO3/c1-5-7(10)4-3-6(9(11)12)8(5)13-2/h3-4,11-12H,1-2H3. The highest BCUT2D eigenvalue weighted by Crippen LogP contribution is 2.23. The summed E-state index contributed by atoms with van der Waals surface area (Å²) in [5, 5.41) is 18.5. The monoisotopic (exact) mass is 200 g/mol. The van der Waals surface area contributed by atoms with Crippen LogP contribution in [0.1, 0.15) is 5.56 Å². The molecule has 0 aromatic heterocycles. The normalized spacial score (nSPS) is 9.92. The van der Waals surface area contributed by atoms with Crippen molar-refractivity contribution < 1.29 is 14.8 Å². The topological polar surface area (TPSA) is 49.7 Å². The maximum absolute atomic E-state index is 8.98. The lowest BCUT2D eigenvalue weighted by molar-refractivity contribution is 0.401. The summed E-state index contributed by atoms with van der Waals surface area (Å²) in [7, 11) is -0.0733. The van der Waals surface area contributed by atoms with E-state index in [1.165, 1.54) is 13.2 Å². The highest BCUT2D eigenvalue weighted by molar-refractivity contribution is 6.60. The van der Waals surface area contributed by atoms with Crippen molar-refractivity contribution in [2.45, 2.75) is 6.92 Å². The van der Waals surface area contributed by atoms with Crippen LogP contribution in [0.15, 0.2) is 12.1 Å². The van der Waals surface area contributed by atoms with E-state index in [0.717, 1.165) is 0 Å². The zero-order valence-electron chi connectivity index (χ0n) is 7.41. The van der Waals surface area contributed by atoms with Gasteiger partial charge in [-0.2, -0.15) is 0 Å². The molecule has 0 spiro atoms. The number of benzene rings is 1. The fraction of sp³-hybridized carbons (Fsp3) is 0.250. The highest BCUT2D eigenvalue weighted by Gasteiger charge is 2.19. The Morgan fingerprint density at radius 3 is 2.46 bits per heavy atom. The minimum absolute atomic E-state index is 0.324. The van der Waals surface area contributed by atoms with Gasteiger partial charge < -0.3 is 14.8 Å².